The molecule has 1 saturated heterocycles. The molecule has 0 radical (unpaired) electrons. The van der Waals surface area contributed by atoms with Gasteiger partial charge in [0.25, 0.3) is 0 Å². The van der Waals surface area contributed by atoms with Crippen LogP contribution in [0.2, 0.25) is 0 Å². The Labute approximate surface area is 197 Å². The van der Waals surface area contributed by atoms with Crippen molar-refractivity contribution in [3.05, 3.63) is 58.2 Å². The Kier molecular flexibility index (Phi) is 8.24. The van der Waals surface area contributed by atoms with E-state index in [0.29, 0.717) is 18.7 Å². The van der Waals surface area contributed by atoms with Gasteiger partial charge in [-0.2, -0.15) is 4.31 Å². The van der Waals surface area contributed by atoms with Gasteiger partial charge in [0.15, 0.2) is 11.5 Å². The lowest BCUT2D eigenvalue weighted by molar-refractivity contribution is -0.385. The first kappa shape index (κ1) is 25.2. The van der Waals surface area contributed by atoms with Crippen molar-refractivity contribution in [3.63, 3.8) is 0 Å². The average molecular weight is 491 g/mol. The molecule has 10 nitrogen and oxygen atoms in total. The molecule has 0 N–H and O–H groups in total. The van der Waals surface area contributed by atoms with Crippen LogP contribution in [0.1, 0.15) is 31.2 Å². The molecule has 0 aromatic heterocycles. The van der Waals surface area contributed by atoms with Gasteiger partial charge in [0.2, 0.25) is 15.8 Å². The normalized spacial score (nSPS) is 15.0. The van der Waals surface area contributed by atoms with Crippen LogP contribution in [0.3, 0.4) is 0 Å². The van der Waals surface area contributed by atoms with Gasteiger partial charge in [-0.25, -0.2) is 13.2 Å². The number of nitro benzene ring substituents is 1. The van der Waals surface area contributed by atoms with Gasteiger partial charge in [-0.3, -0.25) is 10.1 Å². The Hall–Kier alpha value is -3.44. The number of nitrogens with zero attached hydrogens (tertiary/aromatic N) is 2. The van der Waals surface area contributed by atoms with Gasteiger partial charge in [0.05, 0.1) is 24.0 Å². The largest absolute Gasteiger partial charge is 0.493 e. The predicted molar refractivity (Wildman–Crippen MR) is 124 cm³/mol. The second kappa shape index (κ2) is 11.1. The minimum absolute atomic E-state index is 0.129. The summed E-state index contributed by atoms with van der Waals surface area (Å²) in [5, 5.41) is 11.7. The molecule has 0 bridgehead atoms. The highest BCUT2D eigenvalue weighted by molar-refractivity contribution is 7.89. The molecule has 1 heterocycles. The van der Waals surface area contributed by atoms with E-state index < -0.39 is 26.6 Å². The minimum Gasteiger partial charge on any atom is -0.493 e. The first-order chi connectivity index (χ1) is 16.3. The van der Waals surface area contributed by atoms with Crippen molar-refractivity contribution < 1.29 is 32.3 Å². The Morgan fingerprint density at radius 1 is 1.00 bits per heavy atom. The molecule has 0 spiro atoms. The fourth-order valence-electron chi connectivity index (χ4n) is 3.54. The van der Waals surface area contributed by atoms with E-state index in [1.165, 1.54) is 48.9 Å². The molecular formula is C23H26N2O8S. The zero-order chi connectivity index (χ0) is 24.7. The summed E-state index contributed by atoms with van der Waals surface area (Å²) in [5.74, 6) is -0.201. The molecule has 0 atom stereocenters. The molecule has 182 valence electrons. The van der Waals surface area contributed by atoms with Crippen LogP contribution in [0, 0.1) is 10.1 Å². The summed E-state index contributed by atoms with van der Waals surface area (Å²) in [5.41, 5.74) is 0.135. The number of benzene rings is 2. The number of hydrogen-bond acceptors (Lipinski definition) is 8. The third-order valence-electron chi connectivity index (χ3n) is 5.35. The Morgan fingerprint density at radius 3 is 2.29 bits per heavy atom. The van der Waals surface area contributed by atoms with E-state index in [-0.39, 0.29) is 22.1 Å². The zero-order valence-electron chi connectivity index (χ0n) is 18.9. The molecule has 0 aliphatic carbocycles. The molecule has 11 heteroatoms. The molecule has 1 aliphatic heterocycles. The summed E-state index contributed by atoms with van der Waals surface area (Å²) in [7, 11) is -1.19. The number of esters is 1. The second-order valence-electron chi connectivity index (χ2n) is 7.57. The number of carbonyl (C=O) groups is 1. The van der Waals surface area contributed by atoms with E-state index in [1.54, 1.807) is 12.1 Å². The number of nitro groups is 1. The van der Waals surface area contributed by atoms with Crippen LogP contribution in [0.15, 0.2) is 47.4 Å². The minimum atomic E-state index is -3.86. The molecular weight excluding hydrogens is 464 g/mol. The van der Waals surface area contributed by atoms with E-state index in [9.17, 15) is 23.3 Å². The third-order valence-corrected chi connectivity index (χ3v) is 7.25. The predicted octanol–water partition coefficient (Wildman–Crippen LogP) is 4.15. The Bertz CT molecular complexity index is 1190. The summed E-state index contributed by atoms with van der Waals surface area (Å²) < 4.78 is 43.1. The van der Waals surface area contributed by atoms with Gasteiger partial charge in [-0.1, -0.05) is 18.9 Å². The van der Waals surface area contributed by atoms with Gasteiger partial charge in [0, 0.05) is 25.2 Å². The maximum absolute atomic E-state index is 13.1. The van der Waals surface area contributed by atoms with Crippen LogP contribution in [-0.2, 0) is 19.6 Å². The molecule has 0 unspecified atom stereocenters. The van der Waals surface area contributed by atoms with Crippen LogP contribution in [0.5, 0.6) is 17.2 Å². The lowest BCUT2D eigenvalue weighted by Gasteiger charge is -2.20. The Balaban J connectivity index is 1.91. The molecule has 0 amide bonds. The Morgan fingerprint density at radius 2 is 1.68 bits per heavy atom. The van der Waals surface area contributed by atoms with E-state index >= 15 is 0 Å². The van der Waals surface area contributed by atoms with E-state index in [2.05, 4.69) is 4.74 Å². The summed E-state index contributed by atoms with van der Waals surface area (Å²) >= 11 is 0. The smallest absolute Gasteiger partial charge is 0.330 e. The zero-order valence-corrected chi connectivity index (χ0v) is 19.7. The SMILES string of the molecule is COC(=O)/C=C/c1ccc(Oc2ccc(S(=O)(=O)N3CCCCCC3)cc2[N+](=O)[O-])c(OC)c1. The van der Waals surface area contributed by atoms with E-state index in [0.717, 1.165) is 31.7 Å². The van der Waals surface area contributed by atoms with Crippen molar-refractivity contribution in [1.82, 2.24) is 4.31 Å². The fourth-order valence-corrected chi connectivity index (χ4v) is 5.08. The highest BCUT2D eigenvalue weighted by atomic mass is 32.2. The van der Waals surface area contributed by atoms with Crippen LogP contribution >= 0.6 is 0 Å². The summed E-state index contributed by atoms with van der Waals surface area (Å²) in [6.45, 7) is 0.782. The van der Waals surface area contributed by atoms with E-state index in [1.807, 2.05) is 0 Å². The second-order valence-corrected chi connectivity index (χ2v) is 9.51. The molecule has 2 aromatic carbocycles. The standard InChI is InChI=1S/C23H26N2O8S/c1-31-22-15-17(8-12-23(26)32-2)7-10-21(22)33-20-11-9-18(16-19(20)25(27)28)34(29,30)24-13-5-3-4-6-14-24/h7-12,15-16H,3-6,13-14H2,1-2H3/b12-8+. The number of sulfonamides is 1. The monoisotopic (exact) mass is 490 g/mol. The molecule has 1 fully saturated rings. The van der Waals surface area contributed by atoms with Crippen LogP contribution in [0.25, 0.3) is 6.08 Å². The van der Waals surface area contributed by atoms with Crippen molar-refractivity contribution in [2.75, 3.05) is 27.3 Å². The van der Waals surface area contributed by atoms with Gasteiger partial charge in [-0.05, 0) is 48.7 Å². The lowest BCUT2D eigenvalue weighted by atomic mass is 10.2. The average Bonchev–Trinajstić information content (AvgIpc) is 3.13. The molecule has 34 heavy (non-hydrogen) atoms. The number of hydrogen-bond donors (Lipinski definition) is 0. The number of ether oxygens (including phenoxy) is 3. The third kappa shape index (κ3) is 5.91. The maximum atomic E-state index is 13.1. The summed E-state index contributed by atoms with van der Waals surface area (Å²) in [4.78, 5) is 22.2. The van der Waals surface area contributed by atoms with Crippen molar-refractivity contribution in [2.45, 2.75) is 30.6 Å². The van der Waals surface area contributed by atoms with Crippen molar-refractivity contribution >= 4 is 27.8 Å². The highest BCUT2D eigenvalue weighted by Crippen LogP contribution is 2.38. The molecule has 1 aliphatic rings. The van der Waals surface area contributed by atoms with Gasteiger partial charge in [-0.15, -0.1) is 0 Å². The van der Waals surface area contributed by atoms with Crippen LogP contribution in [0.4, 0.5) is 5.69 Å². The molecule has 2 aromatic rings. The highest BCUT2D eigenvalue weighted by Gasteiger charge is 2.29. The van der Waals surface area contributed by atoms with Crippen molar-refractivity contribution in [3.8, 4) is 17.2 Å². The van der Waals surface area contributed by atoms with Gasteiger partial charge < -0.3 is 14.2 Å². The summed E-state index contributed by atoms with van der Waals surface area (Å²) in [6.07, 6.45) is 6.18. The summed E-state index contributed by atoms with van der Waals surface area (Å²) in [6, 6.07) is 8.34. The molecule has 3 rings (SSSR count). The maximum Gasteiger partial charge on any atom is 0.330 e. The first-order valence-corrected chi connectivity index (χ1v) is 12.1. The van der Waals surface area contributed by atoms with Gasteiger partial charge in [0.1, 0.15) is 0 Å². The van der Waals surface area contributed by atoms with Gasteiger partial charge >= 0.3 is 11.7 Å². The quantitative estimate of drug-likeness (QED) is 0.234. The van der Waals surface area contributed by atoms with Crippen molar-refractivity contribution in [1.29, 1.82) is 0 Å². The number of carbonyl (C=O) groups excluding carboxylic acids is 1. The molecule has 0 saturated carbocycles. The van der Waals surface area contributed by atoms with Crippen LogP contribution < -0.4 is 9.47 Å². The topological polar surface area (TPSA) is 125 Å². The lowest BCUT2D eigenvalue weighted by Crippen LogP contribution is -2.31. The number of methoxy groups -OCH3 is 2. The van der Waals surface area contributed by atoms with E-state index in [4.69, 9.17) is 9.47 Å². The first-order valence-electron chi connectivity index (χ1n) is 10.7. The number of rotatable bonds is 8. The van der Waals surface area contributed by atoms with Crippen molar-refractivity contribution in [2.24, 2.45) is 0 Å². The fraction of sp³-hybridized carbons (Fsp3) is 0.348. The van der Waals surface area contributed by atoms with Crippen LogP contribution in [-0.4, -0.2) is 50.9 Å².